The van der Waals surface area contributed by atoms with Crippen molar-refractivity contribution in [2.75, 3.05) is 5.73 Å². The van der Waals surface area contributed by atoms with Crippen molar-refractivity contribution in [3.63, 3.8) is 0 Å². The number of nitrogen functional groups attached to an aromatic ring is 1. The van der Waals surface area contributed by atoms with Crippen LogP contribution in [0.5, 0.6) is 0 Å². The summed E-state index contributed by atoms with van der Waals surface area (Å²) in [6, 6.07) is 1.75. The lowest BCUT2D eigenvalue weighted by atomic mass is 10.3. The first kappa shape index (κ1) is 8.61. The van der Waals surface area contributed by atoms with Crippen molar-refractivity contribution in [3.8, 4) is 11.5 Å². The van der Waals surface area contributed by atoms with Crippen molar-refractivity contribution in [3.05, 3.63) is 18.0 Å². The molecule has 0 aliphatic rings. The van der Waals surface area contributed by atoms with Crippen LogP contribution in [-0.2, 0) is 6.42 Å². The minimum Gasteiger partial charge on any atom is -0.384 e. The molecule has 0 unspecified atom stereocenters. The summed E-state index contributed by atoms with van der Waals surface area (Å²) in [6.45, 7) is 2.01. The Balaban J connectivity index is 2.48. The number of aromatic amines is 1. The average Bonchev–Trinajstić information content (AvgIpc) is 2.69. The van der Waals surface area contributed by atoms with Gasteiger partial charge in [-0.1, -0.05) is 6.92 Å². The first-order chi connectivity index (χ1) is 6.79. The zero-order chi connectivity index (χ0) is 9.97. The highest BCUT2D eigenvalue weighted by Crippen LogP contribution is 2.12. The third kappa shape index (κ3) is 1.54. The van der Waals surface area contributed by atoms with Crippen LogP contribution in [0.4, 0.5) is 5.82 Å². The van der Waals surface area contributed by atoms with E-state index in [2.05, 4.69) is 25.4 Å². The summed E-state index contributed by atoms with van der Waals surface area (Å²) in [5, 5.41) is 10.1. The van der Waals surface area contributed by atoms with Crippen molar-refractivity contribution >= 4 is 5.82 Å². The molecule has 0 spiro atoms. The molecule has 0 aliphatic carbocycles. The molecule has 0 aliphatic heterocycles. The fourth-order valence-corrected chi connectivity index (χ4v) is 1.12. The minimum absolute atomic E-state index is 0.454. The predicted molar refractivity (Wildman–Crippen MR) is 51.2 cm³/mol. The highest BCUT2D eigenvalue weighted by Gasteiger charge is 2.06. The van der Waals surface area contributed by atoms with Gasteiger partial charge in [-0.15, -0.1) is 0 Å². The maximum absolute atomic E-state index is 5.63. The number of aromatic nitrogens is 5. The van der Waals surface area contributed by atoms with E-state index in [0.717, 1.165) is 12.1 Å². The summed E-state index contributed by atoms with van der Waals surface area (Å²) >= 11 is 0. The summed E-state index contributed by atoms with van der Waals surface area (Å²) < 4.78 is 0. The van der Waals surface area contributed by atoms with Gasteiger partial charge in [0.1, 0.15) is 11.5 Å². The lowest BCUT2D eigenvalue weighted by Gasteiger charge is -2.00. The van der Waals surface area contributed by atoms with Crippen molar-refractivity contribution < 1.29 is 0 Å². The van der Waals surface area contributed by atoms with Crippen LogP contribution in [-0.4, -0.2) is 25.4 Å². The van der Waals surface area contributed by atoms with Gasteiger partial charge in [0.15, 0.2) is 5.82 Å². The van der Waals surface area contributed by atoms with Crippen molar-refractivity contribution in [2.45, 2.75) is 13.3 Å². The zero-order valence-electron chi connectivity index (χ0n) is 7.73. The number of hydrogen-bond donors (Lipinski definition) is 2. The number of hydrogen-bond acceptors (Lipinski definition) is 5. The molecular formula is C8H10N6. The molecule has 6 heteroatoms. The lowest BCUT2D eigenvalue weighted by Crippen LogP contribution is -1.99. The van der Waals surface area contributed by atoms with Gasteiger partial charge in [-0.25, -0.2) is 9.97 Å². The molecule has 0 atom stereocenters. The van der Waals surface area contributed by atoms with Gasteiger partial charge in [0.25, 0.3) is 0 Å². The number of nitrogens with two attached hydrogens (primary N) is 1. The summed E-state index contributed by atoms with van der Waals surface area (Å²) in [5.41, 5.74) is 7.13. The highest BCUT2D eigenvalue weighted by molar-refractivity contribution is 5.50. The standard InChI is InChI=1S/C8H10N6/c1-2-5-3-7(9)12-8(11-5)6-4-10-14-13-6/h3-4H,2H2,1H3,(H2,9,11,12)(H,10,13,14). The molecular weight excluding hydrogens is 180 g/mol. The molecule has 0 saturated heterocycles. The second-order valence-corrected chi connectivity index (χ2v) is 2.82. The zero-order valence-corrected chi connectivity index (χ0v) is 7.73. The number of H-pyrrole nitrogens is 1. The Morgan fingerprint density at radius 1 is 1.43 bits per heavy atom. The van der Waals surface area contributed by atoms with Gasteiger partial charge in [-0.2, -0.15) is 15.4 Å². The Hall–Kier alpha value is -1.98. The van der Waals surface area contributed by atoms with Gasteiger partial charge in [0.2, 0.25) is 0 Å². The van der Waals surface area contributed by atoms with E-state index in [-0.39, 0.29) is 0 Å². The third-order valence-corrected chi connectivity index (χ3v) is 1.81. The van der Waals surface area contributed by atoms with Crippen LogP contribution < -0.4 is 5.73 Å². The van der Waals surface area contributed by atoms with Crippen LogP contribution in [0.25, 0.3) is 11.5 Å². The quantitative estimate of drug-likeness (QED) is 0.715. The largest absolute Gasteiger partial charge is 0.384 e. The van der Waals surface area contributed by atoms with Gasteiger partial charge in [-0.3, -0.25) is 0 Å². The third-order valence-electron chi connectivity index (χ3n) is 1.81. The number of aryl methyl sites for hydroxylation is 1. The molecule has 0 aromatic carbocycles. The lowest BCUT2D eigenvalue weighted by molar-refractivity contribution is 0.934. The molecule has 0 amide bonds. The van der Waals surface area contributed by atoms with Crippen LogP contribution in [0.3, 0.4) is 0 Å². The maximum Gasteiger partial charge on any atom is 0.183 e. The molecule has 2 heterocycles. The Kier molecular flexibility index (Phi) is 2.10. The second-order valence-electron chi connectivity index (χ2n) is 2.82. The SMILES string of the molecule is CCc1cc(N)nc(-c2cn[nH]n2)n1. The number of nitrogens with zero attached hydrogens (tertiary/aromatic N) is 4. The fourth-order valence-electron chi connectivity index (χ4n) is 1.12. The van der Waals surface area contributed by atoms with Gasteiger partial charge in [0, 0.05) is 11.8 Å². The number of anilines is 1. The number of nitrogens with one attached hydrogen (secondary N) is 1. The minimum atomic E-state index is 0.454. The van der Waals surface area contributed by atoms with Crippen LogP contribution in [0.15, 0.2) is 12.3 Å². The Bertz CT molecular complexity index is 421. The van der Waals surface area contributed by atoms with E-state index in [1.807, 2.05) is 6.92 Å². The van der Waals surface area contributed by atoms with Crippen LogP contribution >= 0.6 is 0 Å². The summed E-state index contributed by atoms with van der Waals surface area (Å²) in [5.74, 6) is 0.963. The Labute approximate surface area is 80.6 Å². The average molecular weight is 190 g/mol. The van der Waals surface area contributed by atoms with Gasteiger partial charge < -0.3 is 5.73 Å². The molecule has 6 nitrogen and oxygen atoms in total. The van der Waals surface area contributed by atoms with E-state index < -0.39 is 0 Å². The molecule has 14 heavy (non-hydrogen) atoms. The van der Waals surface area contributed by atoms with Crippen LogP contribution in [0, 0.1) is 0 Å². The number of rotatable bonds is 2. The Morgan fingerprint density at radius 3 is 2.93 bits per heavy atom. The molecule has 0 radical (unpaired) electrons. The first-order valence-corrected chi connectivity index (χ1v) is 4.29. The van der Waals surface area contributed by atoms with Crippen molar-refractivity contribution in [1.82, 2.24) is 25.4 Å². The molecule has 0 saturated carbocycles. The highest BCUT2D eigenvalue weighted by atomic mass is 15.3. The molecule has 3 N–H and O–H groups in total. The van der Waals surface area contributed by atoms with Gasteiger partial charge in [-0.05, 0) is 6.42 Å². The van der Waals surface area contributed by atoms with E-state index in [9.17, 15) is 0 Å². The Morgan fingerprint density at radius 2 is 2.29 bits per heavy atom. The van der Waals surface area contributed by atoms with Crippen molar-refractivity contribution in [2.24, 2.45) is 0 Å². The maximum atomic E-state index is 5.63. The van der Waals surface area contributed by atoms with Gasteiger partial charge in [0.05, 0.1) is 6.20 Å². The fraction of sp³-hybridized carbons (Fsp3) is 0.250. The predicted octanol–water partition coefficient (Wildman–Crippen LogP) is 0.406. The smallest absolute Gasteiger partial charge is 0.183 e. The normalized spacial score (nSPS) is 10.4. The van der Waals surface area contributed by atoms with Crippen LogP contribution in [0.2, 0.25) is 0 Å². The van der Waals surface area contributed by atoms with E-state index in [4.69, 9.17) is 5.73 Å². The molecule has 72 valence electrons. The molecule has 0 fully saturated rings. The van der Waals surface area contributed by atoms with E-state index in [1.54, 1.807) is 12.3 Å². The molecule has 2 rings (SSSR count). The van der Waals surface area contributed by atoms with Crippen molar-refractivity contribution in [1.29, 1.82) is 0 Å². The summed E-state index contributed by atoms with van der Waals surface area (Å²) in [7, 11) is 0. The van der Waals surface area contributed by atoms with Gasteiger partial charge >= 0.3 is 0 Å². The first-order valence-electron chi connectivity index (χ1n) is 4.29. The summed E-state index contributed by atoms with van der Waals surface area (Å²) in [4.78, 5) is 8.35. The van der Waals surface area contributed by atoms with Crippen LogP contribution in [0.1, 0.15) is 12.6 Å². The molecule has 0 bridgehead atoms. The molecule has 2 aromatic rings. The van der Waals surface area contributed by atoms with E-state index in [0.29, 0.717) is 17.3 Å². The topological polar surface area (TPSA) is 93.4 Å². The van der Waals surface area contributed by atoms with E-state index >= 15 is 0 Å². The monoisotopic (exact) mass is 190 g/mol. The second kappa shape index (κ2) is 3.41. The summed E-state index contributed by atoms with van der Waals surface area (Å²) in [6.07, 6.45) is 2.38. The van der Waals surface area contributed by atoms with E-state index in [1.165, 1.54) is 0 Å². The molecule has 2 aromatic heterocycles.